The van der Waals surface area contributed by atoms with E-state index in [0.29, 0.717) is 22.8 Å². The van der Waals surface area contributed by atoms with Crippen LogP contribution in [0.4, 0.5) is 4.79 Å². The van der Waals surface area contributed by atoms with Crippen molar-refractivity contribution in [2.75, 3.05) is 21.3 Å². The molecule has 0 aliphatic carbocycles. The molecule has 8 nitrogen and oxygen atoms in total. The predicted octanol–water partition coefficient (Wildman–Crippen LogP) is 3.15. The number of hydrogen-bond acceptors (Lipinski definition) is 6. The molecule has 28 heavy (non-hydrogen) atoms. The van der Waals surface area contributed by atoms with Gasteiger partial charge in [0, 0.05) is 0 Å². The minimum atomic E-state index is -1.08. The van der Waals surface area contributed by atoms with E-state index in [-0.39, 0.29) is 13.0 Å². The quantitative estimate of drug-likeness (QED) is 0.679. The van der Waals surface area contributed by atoms with Crippen molar-refractivity contribution in [1.29, 1.82) is 0 Å². The minimum Gasteiger partial charge on any atom is -0.493 e. The second-order valence-corrected chi connectivity index (χ2v) is 5.82. The van der Waals surface area contributed by atoms with Gasteiger partial charge in [-0.15, -0.1) is 0 Å². The molecular weight excluding hydrogens is 366 g/mol. The Bertz CT molecular complexity index is 782. The number of benzene rings is 2. The lowest BCUT2D eigenvalue weighted by Crippen LogP contribution is -2.30. The standard InChI is InChI=1S/C20H23NO7/c1-25-16-9-14(10-17(26-2)19(16)27-3)15(11-18(22)23)21-20(24)28-12-13-7-5-4-6-8-13/h4-10,15H,11-12H2,1-3H3,(H,21,24)(H,22,23)/t15-/m1/s1. The molecule has 150 valence electrons. The predicted molar refractivity (Wildman–Crippen MR) is 101 cm³/mol. The molecule has 0 spiro atoms. The van der Waals surface area contributed by atoms with Gasteiger partial charge >= 0.3 is 12.1 Å². The number of nitrogens with one attached hydrogen (secondary N) is 1. The molecule has 0 fully saturated rings. The summed E-state index contributed by atoms with van der Waals surface area (Å²) < 4.78 is 21.0. The van der Waals surface area contributed by atoms with Crippen LogP contribution in [0, 0.1) is 0 Å². The molecule has 2 aromatic rings. The highest BCUT2D eigenvalue weighted by atomic mass is 16.5. The first-order valence-electron chi connectivity index (χ1n) is 8.47. The molecule has 2 rings (SSSR count). The number of ether oxygens (including phenoxy) is 4. The van der Waals surface area contributed by atoms with Gasteiger partial charge in [0.25, 0.3) is 0 Å². The number of methoxy groups -OCH3 is 3. The first kappa shape index (κ1) is 20.9. The highest BCUT2D eigenvalue weighted by Gasteiger charge is 2.23. The second-order valence-electron chi connectivity index (χ2n) is 5.82. The van der Waals surface area contributed by atoms with E-state index < -0.39 is 18.1 Å². The first-order valence-corrected chi connectivity index (χ1v) is 8.47. The number of carboxylic acid groups (broad SMARTS) is 1. The highest BCUT2D eigenvalue weighted by Crippen LogP contribution is 2.40. The Balaban J connectivity index is 2.20. The lowest BCUT2D eigenvalue weighted by atomic mass is 10.0. The van der Waals surface area contributed by atoms with Crippen LogP contribution in [0.5, 0.6) is 17.2 Å². The van der Waals surface area contributed by atoms with E-state index in [1.807, 2.05) is 30.3 Å². The molecule has 0 aliphatic heterocycles. The zero-order valence-electron chi connectivity index (χ0n) is 15.9. The van der Waals surface area contributed by atoms with Crippen LogP contribution in [-0.4, -0.2) is 38.5 Å². The Hall–Kier alpha value is -3.42. The zero-order chi connectivity index (χ0) is 20.5. The molecule has 0 aromatic heterocycles. The fourth-order valence-electron chi connectivity index (χ4n) is 2.64. The summed E-state index contributed by atoms with van der Waals surface area (Å²) in [5, 5.41) is 11.8. The minimum absolute atomic E-state index is 0.0712. The Morgan fingerprint density at radius 3 is 2.11 bits per heavy atom. The molecule has 0 saturated heterocycles. The Morgan fingerprint density at radius 1 is 1.00 bits per heavy atom. The number of carbonyl (C=O) groups excluding carboxylic acids is 1. The van der Waals surface area contributed by atoms with Crippen molar-refractivity contribution >= 4 is 12.1 Å². The van der Waals surface area contributed by atoms with Gasteiger partial charge in [0.05, 0.1) is 33.8 Å². The van der Waals surface area contributed by atoms with E-state index in [0.717, 1.165) is 5.56 Å². The summed E-state index contributed by atoms with van der Waals surface area (Å²) in [6.07, 6.45) is -1.08. The zero-order valence-corrected chi connectivity index (χ0v) is 15.9. The molecule has 1 atom stereocenters. The summed E-state index contributed by atoms with van der Waals surface area (Å²) in [7, 11) is 4.37. The van der Waals surface area contributed by atoms with Crippen LogP contribution in [0.3, 0.4) is 0 Å². The molecule has 2 N–H and O–H groups in total. The molecule has 2 aromatic carbocycles. The summed E-state index contributed by atoms with van der Waals surface area (Å²) >= 11 is 0. The molecule has 0 saturated carbocycles. The maximum absolute atomic E-state index is 12.2. The monoisotopic (exact) mass is 389 g/mol. The summed E-state index contributed by atoms with van der Waals surface area (Å²) in [5.41, 5.74) is 1.30. The van der Waals surface area contributed by atoms with Crippen molar-refractivity contribution in [3.63, 3.8) is 0 Å². The number of carboxylic acids is 1. The maximum Gasteiger partial charge on any atom is 0.407 e. The van der Waals surface area contributed by atoms with Gasteiger partial charge in [0.1, 0.15) is 6.61 Å². The van der Waals surface area contributed by atoms with Crippen LogP contribution in [0.25, 0.3) is 0 Å². The third-order valence-corrected chi connectivity index (χ3v) is 3.97. The Labute approximate surface area is 163 Å². The average molecular weight is 389 g/mol. The summed E-state index contributed by atoms with van der Waals surface area (Å²) in [4.78, 5) is 23.5. The summed E-state index contributed by atoms with van der Waals surface area (Å²) in [6, 6.07) is 11.5. The van der Waals surface area contributed by atoms with Crippen molar-refractivity contribution in [3.8, 4) is 17.2 Å². The smallest absolute Gasteiger partial charge is 0.407 e. The van der Waals surface area contributed by atoms with Crippen molar-refractivity contribution < 1.29 is 33.6 Å². The van der Waals surface area contributed by atoms with Crippen LogP contribution in [0.15, 0.2) is 42.5 Å². The van der Waals surface area contributed by atoms with Gasteiger partial charge in [-0.3, -0.25) is 4.79 Å². The fraction of sp³-hybridized carbons (Fsp3) is 0.300. The van der Waals surface area contributed by atoms with Crippen molar-refractivity contribution in [1.82, 2.24) is 5.32 Å². The molecule has 0 aliphatic rings. The van der Waals surface area contributed by atoms with Gasteiger partial charge in [-0.2, -0.15) is 0 Å². The Kier molecular flexibility index (Phi) is 7.50. The first-order chi connectivity index (χ1) is 13.5. The summed E-state index contributed by atoms with van der Waals surface area (Å²) in [6.45, 7) is 0.0712. The fourth-order valence-corrected chi connectivity index (χ4v) is 2.64. The largest absolute Gasteiger partial charge is 0.493 e. The average Bonchev–Trinajstić information content (AvgIpc) is 2.71. The van der Waals surface area contributed by atoms with E-state index in [4.69, 9.17) is 18.9 Å². The Morgan fingerprint density at radius 2 is 1.61 bits per heavy atom. The van der Waals surface area contributed by atoms with Gasteiger partial charge in [-0.1, -0.05) is 30.3 Å². The van der Waals surface area contributed by atoms with Crippen LogP contribution in [0.1, 0.15) is 23.6 Å². The van der Waals surface area contributed by atoms with E-state index in [1.54, 1.807) is 12.1 Å². The normalized spacial score (nSPS) is 11.2. The number of hydrogen-bond donors (Lipinski definition) is 2. The highest BCUT2D eigenvalue weighted by molar-refractivity contribution is 5.72. The molecule has 0 radical (unpaired) electrons. The van der Waals surface area contributed by atoms with Crippen LogP contribution in [-0.2, 0) is 16.1 Å². The van der Waals surface area contributed by atoms with E-state index in [9.17, 15) is 14.7 Å². The van der Waals surface area contributed by atoms with Crippen molar-refractivity contribution in [2.24, 2.45) is 0 Å². The van der Waals surface area contributed by atoms with Crippen LogP contribution >= 0.6 is 0 Å². The van der Waals surface area contributed by atoms with E-state index in [2.05, 4.69) is 5.32 Å². The molecular formula is C20H23NO7. The van der Waals surface area contributed by atoms with Crippen LogP contribution < -0.4 is 19.5 Å². The third-order valence-electron chi connectivity index (χ3n) is 3.97. The number of aliphatic carboxylic acids is 1. The lowest BCUT2D eigenvalue weighted by Gasteiger charge is -2.20. The number of rotatable bonds is 9. The van der Waals surface area contributed by atoms with E-state index >= 15 is 0 Å². The van der Waals surface area contributed by atoms with Gasteiger partial charge in [-0.25, -0.2) is 4.79 Å². The SMILES string of the molecule is COc1cc([C@@H](CC(=O)O)NC(=O)OCc2ccccc2)cc(OC)c1OC. The number of amides is 1. The van der Waals surface area contributed by atoms with Crippen LogP contribution in [0.2, 0.25) is 0 Å². The number of carbonyl (C=O) groups is 2. The molecule has 0 unspecified atom stereocenters. The van der Waals surface area contributed by atoms with Crippen molar-refractivity contribution in [2.45, 2.75) is 19.1 Å². The lowest BCUT2D eigenvalue weighted by molar-refractivity contribution is -0.137. The van der Waals surface area contributed by atoms with Gasteiger partial charge in [0.15, 0.2) is 11.5 Å². The molecule has 1 amide bonds. The van der Waals surface area contributed by atoms with Gasteiger partial charge in [-0.05, 0) is 23.3 Å². The maximum atomic E-state index is 12.2. The molecule has 0 bridgehead atoms. The van der Waals surface area contributed by atoms with Gasteiger partial charge in [0.2, 0.25) is 5.75 Å². The second kappa shape index (κ2) is 10.1. The van der Waals surface area contributed by atoms with E-state index in [1.165, 1.54) is 21.3 Å². The topological polar surface area (TPSA) is 103 Å². The molecule has 0 heterocycles. The molecule has 8 heteroatoms. The van der Waals surface area contributed by atoms with Crippen molar-refractivity contribution in [3.05, 3.63) is 53.6 Å². The van der Waals surface area contributed by atoms with Gasteiger partial charge < -0.3 is 29.4 Å². The third kappa shape index (κ3) is 5.54. The number of alkyl carbamates (subject to hydrolysis) is 1. The summed E-state index contributed by atoms with van der Waals surface area (Å²) in [5.74, 6) is -0.00465.